The van der Waals surface area contributed by atoms with Crippen LogP contribution < -0.4 is 16.8 Å². The third-order valence-corrected chi connectivity index (χ3v) is 4.30. The van der Waals surface area contributed by atoms with Gasteiger partial charge in [0.05, 0.1) is 4.90 Å². The first-order chi connectivity index (χ1) is 11.9. The Morgan fingerprint density at radius 2 is 1.54 bits per heavy atom. The van der Waals surface area contributed by atoms with E-state index in [-0.39, 0.29) is 17.3 Å². The summed E-state index contributed by atoms with van der Waals surface area (Å²) in [6, 6.07) is 19.9. The SMILES string of the molecule is Cl.NCCNc1cccc2ccccc12.Nc1ccc(S(=O)(=O)O)cc1. The van der Waals surface area contributed by atoms with Crippen LogP contribution >= 0.6 is 12.4 Å². The molecule has 0 aliphatic carbocycles. The lowest BCUT2D eigenvalue weighted by molar-refractivity contribution is 0.483. The Kier molecular flexibility index (Phi) is 8.34. The van der Waals surface area contributed by atoms with Crippen LogP contribution in [0, 0.1) is 0 Å². The number of rotatable bonds is 4. The van der Waals surface area contributed by atoms with Crippen molar-refractivity contribution < 1.29 is 13.0 Å². The van der Waals surface area contributed by atoms with Crippen molar-refractivity contribution in [3.05, 3.63) is 66.7 Å². The molecular formula is C18H22ClN3O3S. The molecule has 0 saturated heterocycles. The number of anilines is 2. The zero-order valence-corrected chi connectivity index (χ0v) is 15.6. The van der Waals surface area contributed by atoms with Crippen molar-refractivity contribution in [2.24, 2.45) is 5.73 Å². The molecule has 8 heteroatoms. The Morgan fingerprint density at radius 1 is 0.923 bits per heavy atom. The highest BCUT2D eigenvalue weighted by Crippen LogP contribution is 2.22. The number of halogens is 1. The van der Waals surface area contributed by atoms with Crippen LogP contribution in [0.25, 0.3) is 10.8 Å². The van der Waals surface area contributed by atoms with Gasteiger partial charge in [-0.25, -0.2) is 0 Å². The van der Waals surface area contributed by atoms with Crippen LogP contribution in [0.4, 0.5) is 11.4 Å². The van der Waals surface area contributed by atoms with Crippen LogP contribution in [0.3, 0.4) is 0 Å². The van der Waals surface area contributed by atoms with Crippen LogP contribution in [-0.4, -0.2) is 26.1 Å². The van der Waals surface area contributed by atoms with Gasteiger partial charge in [-0.05, 0) is 35.7 Å². The normalized spacial score (nSPS) is 10.4. The van der Waals surface area contributed by atoms with Gasteiger partial charge in [0.25, 0.3) is 10.1 Å². The van der Waals surface area contributed by atoms with Gasteiger partial charge in [0, 0.05) is 29.9 Å². The number of nitrogens with two attached hydrogens (primary N) is 2. The van der Waals surface area contributed by atoms with E-state index in [0.717, 1.165) is 12.2 Å². The number of nitrogen functional groups attached to an aromatic ring is 1. The Bertz CT molecular complexity index is 927. The van der Waals surface area contributed by atoms with Crippen molar-refractivity contribution in [3.8, 4) is 0 Å². The van der Waals surface area contributed by atoms with Gasteiger partial charge in [-0.15, -0.1) is 12.4 Å². The van der Waals surface area contributed by atoms with E-state index in [1.54, 1.807) is 0 Å². The summed E-state index contributed by atoms with van der Waals surface area (Å²) in [5.41, 5.74) is 12.4. The van der Waals surface area contributed by atoms with E-state index >= 15 is 0 Å². The molecule has 140 valence electrons. The minimum Gasteiger partial charge on any atom is -0.399 e. The summed E-state index contributed by atoms with van der Waals surface area (Å²) >= 11 is 0. The number of benzene rings is 3. The van der Waals surface area contributed by atoms with Gasteiger partial charge < -0.3 is 16.8 Å². The summed E-state index contributed by atoms with van der Waals surface area (Å²) in [5.74, 6) is 0. The molecule has 0 aromatic heterocycles. The van der Waals surface area contributed by atoms with E-state index in [0.29, 0.717) is 12.2 Å². The molecule has 0 fully saturated rings. The van der Waals surface area contributed by atoms with Gasteiger partial charge in [0.2, 0.25) is 0 Å². The highest BCUT2D eigenvalue weighted by atomic mass is 35.5. The molecule has 0 aliphatic heterocycles. The predicted octanol–water partition coefficient (Wildman–Crippen LogP) is 3.15. The zero-order valence-electron chi connectivity index (χ0n) is 14.0. The summed E-state index contributed by atoms with van der Waals surface area (Å²) in [4.78, 5) is -0.147. The van der Waals surface area contributed by atoms with Crippen molar-refractivity contribution in [2.45, 2.75) is 4.90 Å². The first kappa shape index (κ1) is 21.7. The van der Waals surface area contributed by atoms with Gasteiger partial charge >= 0.3 is 0 Å². The smallest absolute Gasteiger partial charge is 0.294 e. The van der Waals surface area contributed by atoms with Gasteiger partial charge in [-0.3, -0.25) is 4.55 Å². The highest BCUT2D eigenvalue weighted by Gasteiger charge is 2.07. The van der Waals surface area contributed by atoms with E-state index in [4.69, 9.17) is 16.0 Å². The lowest BCUT2D eigenvalue weighted by atomic mass is 10.1. The van der Waals surface area contributed by atoms with Crippen molar-refractivity contribution in [1.82, 2.24) is 0 Å². The Hall–Kier alpha value is -2.32. The van der Waals surface area contributed by atoms with Crippen LogP contribution in [0.2, 0.25) is 0 Å². The van der Waals surface area contributed by atoms with E-state index in [9.17, 15) is 8.42 Å². The summed E-state index contributed by atoms with van der Waals surface area (Å²) in [6.07, 6.45) is 0. The van der Waals surface area contributed by atoms with Crippen LogP contribution in [0.1, 0.15) is 0 Å². The number of hydrogen-bond acceptors (Lipinski definition) is 5. The summed E-state index contributed by atoms with van der Waals surface area (Å²) in [6.45, 7) is 1.47. The molecule has 0 saturated carbocycles. The van der Waals surface area contributed by atoms with Gasteiger partial charge in [-0.2, -0.15) is 8.42 Å². The average molecular weight is 396 g/mol. The molecule has 3 aromatic carbocycles. The summed E-state index contributed by atoms with van der Waals surface area (Å²) in [7, 11) is -4.08. The number of fused-ring (bicyclic) bond motifs is 1. The van der Waals surface area contributed by atoms with Crippen LogP contribution in [-0.2, 0) is 10.1 Å². The molecular weight excluding hydrogens is 374 g/mol. The Labute approximate surface area is 159 Å². The van der Waals surface area contributed by atoms with Gasteiger partial charge in [0.1, 0.15) is 0 Å². The molecule has 0 aliphatic rings. The van der Waals surface area contributed by atoms with Crippen LogP contribution in [0.5, 0.6) is 0 Å². The second-order valence-electron chi connectivity index (χ2n) is 5.29. The first-order valence-corrected chi connectivity index (χ1v) is 9.10. The highest BCUT2D eigenvalue weighted by molar-refractivity contribution is 7.85. The van der Waals surface area contributed by atoms with Crippen molar-refractivity contribution in [3.63, 3.8) is 0 Å². The lowest BCUT2D eigenvalue weighted by Gasteiger charge is -2.08. The largest absolute Gasteiger partial charge is 0.399 e. The molecule has 0 amide bonds. The van der Waals surface area contributed by atoms with Crippen molar-refractivity contribution in [2.75, 3.05) is 24.1 Å². The molecule has 26 heavy (non-hydrogen) atoms. The Balaban J connectivity index is 0.000000258. The third kappa shape index (κ3) is 6.20. The molecule has 3 aromatic rings. The molecule has 6 N–H and O–H groups in total. The zero-order chi connectivity index (χ0) is 18.3. The first-order valence-electron chi connectivity index (χ1n) is 7.66. The fraction of sp³-hybridized carbons (Fsp3) is 0.111. The summed E-state index contributed by atoms with van der Waals surface area (Å²) < 4.78 is 29.4. The van der Waals surface area contributed by atoms with E-state index in [1.165, 1.54) is 35.0 Å². The maximum atomic E-state index is 10.5. The fourth-order valence-electron chi connectivity index (χ4n) is 2.23. The van der Waals surface area contributed by atoms with Crippen molar-refractivity contribution >= 4 is 44.7 Å². The molecule has 3 rings (SSSR count). The molecule has 0 radical (unpaired) electrons. The third-order valence-electron chi connectivity index (χ3n) is 3.43. The molecule has 6 nitrogen and oxygen atoms in total. The molecule has 0 heterocycles. The van der Waals surface area contributed by atoms with E-state index in [2.05, 4.69) is 47.8 Å². The molecule has 0 spiro atoms. The predicted molar refractivity (Wildman–Crippen MR) is 109 cm³/mol. The molecule has 0 unspecified atom stereocenters. The molecule has 0 atom stereocenters. The maximum Gasteiger partial charge on any atom is 0.294 e. The fourth-order valence-corrected chi connectivity index (χ4v) is 2.71. The van der Waals surface area contributed by atoms with Gasteiger partial charge in [0.15, 0.2) is 0 Å². The summed E-state index contributed by atoms with van der Waals surface area (Å²) in [5, 5.41) is 5.82. The van der Waals surface area contributed by atoms with Crippen LogP contribution in [0.15, 0.2) is 71.6 Å². The van der Waals surface area contributed by atoms with Crippen molar-refractivity contribution in [1.29, 1.82) is 0 Å². The second kappa shape index (κ2) is 9.98. The topological polar surface area (TPSA) is 118 Å². The average Bonchev–Trinajstić information content (AvgIpc) is 2.60. The molecule has 0 bridgehead atoms. The second-order valence-corrected chi connectivity index (χ2v) is 6.71. The standard InChI is InChI=1S/C12H14N2.C6H7NO3S.ClH/c13-8-9-14-12-7-3-5-10-4-1-2-6-11(10)12;7-5-1-3-6(4-2-5)11(8,9)10;/h1-7,14H,8-9,13H2;1-4H,7H2,(H,8,9,10);1H. The lowest BCUT2D eigenvalue weighted by Crippen LogP contribution is -2.13. The van der Waals surface area contributed by atoms with E-state index in [1.807, 2.05) is 0 Å². The number of nitrogens with one attached hydrogen (secondary N) is 1. The minimum absolute atomic E-state index is 0. The number of hydrogen-bond donors (Lipinski definition) is 4. The van der Waals surface area contributed by atoms with Gasteiger partial charge in [-0.1, -0.05) is 36.4 Å². The maximum absolute atomic E-state index is 10.5. The quantitative estimate of drug-likeness (QED) is 0.398. The Morgan fingerprint density at radius 3 is 2.15 bits per heavy atom. The minimum atomic E-state index is -4.08. The van der Waals surface area contributed by atoms with E-state index < -0.39 is 10.1 Å². The monoisotopic (exact) mass is 395 g/mol.